The van der Waals surface area contributed by atoms with Crippen LogP contribution in [0.3, 0.4) is 0 Å². The molecule has 152 valence electrons. The predicted molar refractivity (Wildman–Crippen MR) is 108 cm³/mol. The SMILES string of the molecule is Cc1cc(C(=O)NN=Cc2ccc(OC(=O)c3ccc([N+](=O)[O-])c(C)c3)cc2)n[nH]1. The number of amides is 1. The van der Waals surface area contributed by atoms with Gasteiger partial charge >= 0.3 is 5.97 Å². The molecule has 2 aromatic carbocycles. The molecule has 0 aliphatic carbocycles. The van der Waals surface area contributed by atoms with Gasteiger partial charge in [-0.1, -0.05) is 0 Å². The quantitative estimate of drug-likeness (QED) is 0.212. The molecule has 0 radical (unpaired) electrons. The van der Waals surface area contributed by atoms with Crippen molar-refractivity contribution >= 4 is 23.8 Å². The molecule has 0 unspecified atom stereocenters. The molecule has 2 N–H and O–H groups in total. The van der Waals surface area contributed by atoms with E-state index in [4.69, 9.17) is 4.74 Å². The Kier molecular flexibility index (Phi) is 5.97. The fourth-order valence-electron chi connectivity index (χ4n) is 2.53. The van der Waals surface area contributed by atoms with Crippen molar-refractivity contribution in [3.8, 4) is 5.75 Å². The molecule has 0 atom stereocenters. The third-order valence-electron chi connectivity index (χ3n) is 4.04. The first kappa shape index (κ1) is 20.4. The molecule has 0 aliphatic heterocycles. The molecule has 0 saturated carbocycles. The third kappa shape index (κ3) is 4.93. The molecule has 3 aromatic rings. The topological polar surface area (TPSA) is 140 Å². The van der Waals surface area contributed by atoms with Crippen molar-refractivity contribution in [3.05, 3.63) is 86.7 Å². The minimum atomic E-state index is -0.629. The number of hydrogen-bond acceptors (Lipinski definition) is 7. The van der Waals surface area contributed by atoms with Crippen molar-refractivity contribution in [2.45, 2.75) is 13.8 Å². The first-order valence-electron chi connectivity index (χ1n) is 8.76. The Morgan fingerprint density at radius 2 is 1.90 bits per heavy atom. The summed E-state index contributed by atoms with van der Waals surface area (Å²) >= 11 is 0. The monoisotopic (exact) mass is 407 g/mol. The average molecular weight is 407 g/mol. The van der Waals surface area contributed by atoms with Crippen LogP contribution in [0.5, 0.6) is 5.75 Å². The van der Waals surface area contributed by atoms with Crippen molar-refractivity contribution in [1.29, 1.82) is 0 Å². The number of aromatic amines is 1. The van der Waals surface area contributed by atoms with Crippen LogP contribution >= 0.6 is 0 Å². The number of esters is 1. The Labute approximate surface area is 170 Å². The van der Waals surface area contributed by atoms with Gasteiger partial charge in [0.2, 0.25) is 0 Å². The van der Waals surface area contributed by atoms with Gasteiger partial charge in [0, 0.05) is 17.3 Å². The second-order valence-corrected chi connectivity index (χ2v) is 6.35. The summed E-state index contributed by atoms with van der Waals surface area (Å²) in [5.74, 6) is -0.778. The van der Waals surface area contributed by atoms with E-state index in [2.05, 4.69) is 20.7 Å². The van der Waals surface area contributed by atoms with E-state index in [9.17, 15) is 19.7 Å². The zero-order valence-electron chi connectivity index (χ0n) is 16.1. The van der Waals surface area contributed by atoms with Crippen LogP contribution in [0.25, 0.3) is 0 Å². The highest BCUT2D eigenvalue weighted by Gasteiger charge is 2.15. The summed E-state index contributed by atoms with van der Waals surface area (Å²) in [5, 5.41) is 21.2. The zero-order chi connectivity index (χ0) is 21.7. The molecule has 1 heterocycles. The fourth-order valence-corrected chi connectivity index (χ4v) is 2.53. The molecule has 0 spiro atoms. The van der Waals surface area contributed by atoms with Crippen LogP contribution in [0.4, 0.5) is 5.69 Å². The van der Waals surface area contributed by atoms with Crippen molar-refractivity contribution in [2.24, 2.45) is 5.10 Å². The average Bonchev–Trinajstić information content (AvgIpc) is 3.15. The number of nitrogens with zero attached hydrogens (tertiary/aromatic N) is 3. The van der Waals surface area contributed by atoms with Crippen LogP contribution in [0.2, 0.25) is 0 Å². The van der Waals surface area contributed by atoms with Crippen molar-refractivity contribution < 1.29 is 19.2 Å². The predicted octanol–water partition coefficient (Wildman–Crippen LogP) is 2.92. The first-order valence-corrected chi connectivity index (χ1v) is 8.76. The summed E-state index contributed by atoms with van der Waals surface area (Å²) in [6.07, 6.45) is 1.43. The molecule has 0 saturated heterocycles. The van der Waals surface area contributed by atoms with Crippen LogP contribution in [0.1, 0.15) is 37.7 Å². The van der Waals surface area contributed by atoms with Gasteiger partial charge in [-0.15, -0.1) is 0 Å². The number of benzene rings is 2. The first-order chi connectivity index (χ1) is 14.3. The summed E-state index contributed by atoms with van der Waals surface area (Å²) in [4.78, 5) is 34.4. The minimum absolute atomic E-state index is 0.0651. The Morgan fingerprint density at radius 1 is 1.17 bits per heavy atom. The molecule has 10 heteroatoms. The number of H-pyrrole nitrogens is 1. The third-order valence-corrected chi connectivity index (χ3v) is 4.04. The van der Waals surface area contributed by atoms with Crippen LogP contribution in [-0.2, 0) is 0 Å². The van der Waals surface area contributed by atoms with E-state index in [1.165, 1.54) is 24.4 Å². The van der Waals surface area contributed by atoms with Gasteiger partial charge in [-0.3, -0.25) is 20.0 Å². The largest absolute Gasteiger partial charge is 0.423 e. The number of hydrazone groups is 1. The number of carbonyl (C=O) groups excluding carboxylic acids is 2. The Balaban J connectivity index is 1.59. The number of aryl methyl sites for hydroxylation is 2. The Morgan fingerprint density at radius 3 is 2.50 bits per heavy atom. The zero-order valence-corrected chi connectivity index (χ0v) is 16.1. The number of nitrogens with one attached hydrogen (secondary N) is 2. The molecule has 0 fully saturated rings. The molecular formula is C20H17N5O5. The Bertz CT molecular complexity index is 1130. The van der Waals surface area contributed by atoms with Gasteiger partial charge in [-0.2, -0.15) is 10.2 Å². The van der Waals surface area contributed by atoms with E-state index in [0.717, 1.165) is 5.69 Å². The fraction of sp³-hybridized carbons (Fsp3) is 0.100. The number of nitro benzene ring substituents is 1. The number of rotatable bonds is 6. The highest BCUT2D eigenvalue weighted by atomic mass is 16.6. The lowest BCUT2D eigenvalue weighted by atomic mass is 10.1. The summed E-state index contributed by atoms with van der Waals surface area (Å²) in [7, 11) is 0. The molecule has 0 bridgehead atoms. The summed E-state index contributed by atoms with van der Waals surface area (Å²) in [5.41, 5.74) is 4.53. The minimum Gasteiger partial charge on any atom is -0.423 e. The number of nitro groups is 1. The summed E-state index contributed by atoms with van der Waals surface area (Å²) in [6, 6.07) is 12.1. The second-order valence-electron chi connectivity index (χ2n) is 6.35. The van der Waals surface area contributed by atoms with E-state index in [1.807, 2.05) is 0 Å². The molecule has 30 heavy (non-hydrogen) atoms. The number of hydrogen-bond donors (Lipinski definition) is 2. The molecule has 1 aromatic heterocycles. The highest BCUT2D eigenvalue weighted by Crippen LogP contribution is 2.20. The van der Waals surface area contributed by atoms with Crippen LogP contribution < -0.4 is 10.2 Å². The van der Waals surface area contributed by atoms with Gasteiger partial charge < -0.3 is 4.74 Å². The highest BCUT2D eigenvalue weighted by molar-refractivity contribution is 5.93. The normalized spacial score (nSPS) is 10.7. The van der Waals surface area contributed by atoms with E-state index < -0.39 is 16.8 Å². The Hall–Kier alpha value is -4.34. The standard InChI is InChI=1S/C20H17N5O5/c1-12-9-15(5-8-18(12)25(28)29)20(27)30-16-6-3-14(4-7-16)11-21-24-19(26)17-10-13(2)22-23-17/h3-11H,1-2H3,(H,22,23)(H,24,26). The number of aromatic nitrogens is 2. The van der Waals surface area contributed by atoms with E-state index in [-0.39, 0.29) is 16.9 Å². The smallest absolute Gasteiger partial charge is 0.343 e. The van der Waals surface area contributed by atoms with Crippen molar-refractivity contribution in [3.63, 3.8) is 0 Å². The van der Waals surface area contributed by atoms with E-state index in [0.29, 0.717) is 16.9 Å². The lowest BCUT2D eigenvalue weighted by molar-refractivity contribution is -0.385. The van der Waals surface area contributed by atoms with Gasteiger partial charge in [-0.25, -0.2) is 10.2 Å². The maximum atomic E-state index is 12.2. The maximum Gasteiger partial charge on any atom is 0.343 e. The molecule has 1 amide bonds. The van der Waals surface area contributed by atoms with Gasteiger partial charge in [-0.05, 0) is 61.9 Å². The van der Waals surface area contributed by atoms with Gasteiger partial charge in [0.1, 0.15) is 5.75 Å². The van der Waals surface area contributed by atoms with Gasteiger partial charge in [0.15, 0.2) is 5.69 Å². The maximum absolute atomic E-state index is 12.2. The molecule has 3 rings (SSSR count). The van der Waals surface area contributed by atoms with Crippen LogP contribution in [0.15, 0.2) is 53.6 Å². The van der Waals surface area contributed by atoms with Gasteiger partial charge in [0.25, 0.3) is 11.6 Å². The van der Waals surface area contributed by atoms with E-state index >= 15 is 0 Å². The van der Waals surface area contributed by atoms with Crippen LogP contribution in [-0.4, -0.2) is 33.2 Å². The lowest BCUT2D eigenvalue weighted by Gasteiger charge is -2.05. The lowest BCUT2D eigenvalue weighted by Crippen LogP contribution is -2.18. The molecular weight excluding hydrogens is 390 g/mol. The number of ether oxygens (including phenoxy) is 1. The molecule has 0 aliphatic rings. The van der Waals surface area contributed by atoms with Crippen molar-refractivity contribution in [2.75, 3.05) is 0 Å². The van der Waals surface area contributed by atoms with E-state index in [1.54, 1.807) is 44.2 Å². The van der Waals surface area contributed by atoms with Crippen molar-refractivity contribution in [1.82, 2.24) is 15.6 Å². The summed E-state index contributed by atoms with van der Waals surface area (Å²) in [6.45, 7) is 3.33. The van der Waals surface area contributed by atoms with Crippen LogP contribution in [0, 0.1) is 24.0 Å². The number of carbonyl (C=O) groups is 2. The second kappa shape index (κ2) is 8.78. The molecule has 10 nitrogen and oxygen atoms in total. The summed E-state index contributed by atoms with van der Waals surface area (Å²) < 4.78 is 5.28. The van der Waals surface area contributed by atoms with Gasteiger partial charge in [0.05, 0.1) is 16.7 Å².